The summed E-state index contributed by atoms with van der Waals surface area (Å²) in [5, 5.41) is 0. The van der Waals surface area contributed by atoms with Crippen LogP contribution in [0.4, 0.5) is 0 Å². The van der Waals surface area contributed by atoms with Gasteiger partial charge < -0.3 is 4.57 Å². The molecule has 0 radical (unpaired) electrons. The molecule has 0 saturated heterocycles. The monoisotopic (exact) mass is 228 g/mol. The fourth-order valence-corrected chi connectivity index (χ4v) is 1.88. The molecule has 2 rings (SSSR count). The summed E-state index contributed by atoms with van der Waals surface area (Å²) in [5.74, 6) is 1.16. The Labute approximate surface area is 101 Å². The van der Waals surface area contributed by atoms with Gasteiger partial charge in [0.05, 0.1) is 0 Å². The van der Waals surface area contributed by atoms with Gasteiger partial charge in [0, 0.05) is 30.9 Å². The van der Waals surface area contributed by atoms with Gasteiger partial charge in [-0.15, -0.1) is 0 Å². The Hall–Kier alpha value is -1.90. The lowest BCUT2D eigenvalue weighted by Gasteiger charge is -2.05. The van der Waals surface area contributed by atoms with E-state index in [1.807, 2.05) is 36.7 Å². The molecule has 2 aromatic rings. The highest BCUT2D eigenvalue weighted by Crippen LogP contribution is 2.18. The largest absolute Gasteiger partial charge is 0.331 e. The smallest absolute Gasteiger partial charge is 0.139 e. The summed E-state index contributed by atoms with van der Waals surface area (Å²) in [4.78, 5) is 15.4. The molecule has 0 amide bonds. The second-order valence-corrected chi connectivity index (χ2v) is 4.11. The van der Waals surface area contributed by atoms with Crippen LogP contribution in [-0.4, -0.2) is 15.3 Å². The third-order valence-electron chi connectivity index (χ3n) is 2.72. The molecule has 0 saturated carbocycles. The van der Waals surface area contributed by atoms with Crippen molar-refractivity contribution >= 4 is 5.78 Å². The van der Waals surface area contributed by atoms with Gasteiger partial charge in [0.1, 0.15) is 11.6 Å². The molecule has 0 bridgehead atoms. The van der Waals surface area contributed by atoms with Gasteiger partial charge in [-0.25, -0.2) is 4.98 Å². The first-order chi connectivity index (χ1) is 8.20. The van der Waals surface area contributed by atoms with Gasteiger partial charge in [-0.1, -0.05) is 24.3 Å². The average molecular weight is 228 g/mol. The first-order valence-electron chi connectivity index (χ1n) is 5.80. The highest BCUT2D eigenvalue weighted by molar-refractivity contribution is 5.78. The first kappa shape index (κ1) is 11.6. The Balaban J connectivity index is 2.26. The van der Waals surface area contributed by atoms with Crippen molar-refractivity contribution in [1.29, 1.82) is 0 Å². The molecule has 0 unspecified atom stereocenters. The van der Waals surface area contributed by atoms with Crippen LogP contribution in [0, 0.1) is 0 Å². The summed E-state index contributed by atoms with van der Waals surface area (Å²) < 4.78 is 2.10. The number of imidazole rings is 1. The maximum atomic E-state index is 11.0. The van der Waals surface area contributed by atoms with Crippen molar-refractivity contribution in [2.45, 2.75) is 26.8 Å². The van der Waals surface area contributed by atoms with E-state index in [1.165, 1.54) is 0 Å². The van der Waals surface area contributed by atoms with Crippen molar-refractivity contribution in [3.05, 3.63) is 42.2 Å². The van der Waals surface area contributed by atoms with Crippen molar-refractivity contribution in [1.82, 2.24) is 9.55 Å². The molecule has 1 aromatic heterocycles. The van der Waals surface area contributed by atoms with Gasteiger partial charge in [0.25, 0.3) is 0 Å². The van der Waals surface area contributed by atoms with Gasteiger partial charge in [-0.3, -0.25) is 4.79 Å². The molecule has 0 aliphatic rings. The molecule has 3 heteroatoms. The summed E-state index contributed by atoms with van der Waals surface area (Å²) in [7, 11) is 0. The standard InChI is InChI=1S/C14H16N2O/c1-3-16-9-8-15-14(16)13-6-4-12(5-7-13)10-11(2)17/h4-9H,3,10H2,1-2H3. The first-order valence-corrected chi connectivity index (χ1v) is 5.80. The Kier molecular flexibility index (Phi) is 3.38. The number of rotatable bonds is 4. The fourth-order valence-electron chi connectivity index (χ4n) is 1.88. The molecule has 1 aromatic carbocycles. The van der Waals surface area contributed by atoms with E-state index in [9.17, 15) is 4.79 Å². The zero-order valence-electron chi connectivity index (χ0n) is 10.2. The van der Waals surface area contributed by atoms with Crippen molar-refractivity contribution in [2.75, 3.05) is 0 Å². The number of benzene rings is 1. The van der Waals surface area contributed by atoms with E-state index in [-0.39, 0.29) is 5.78 Å². The number of aryl methyl sites for hydroxylation is 1. The normalized spacial score (nSPS) is 10.5. The van der Waals surface area contributed by atoms with E-state index < -0.39 is 0 Å². The minimum atomic E-state index is 0.188. The fraction of sp³-hybridized carbons (Fsp3) is 0.286. The van der Waals surface area contributed by atoms with E-state index in [4.69, 9.17) is 0 Å². The zero-order chi connectivity index (χ0) is 12.3. The SMILES string of the molecule is CCn1ccnc1-c1ccc(CC(C)=O)cc1. The van der Waals surface area contributed by atoms with Crippen molar-refractivity contribution < 1.29 is 4.79 Å². The van der Waals surface area contributed by atoms with Crippen LogP contribution in [0.15, 0.2) is 36.7 Å². The van der Waals surface area contributed by atoms with Gasteiger partial charge in [-0.2, -0.15) is 0 Å². The number of Topliss-reactive ketones (excluding diaryl/α,β-unsaturated/α-hetero) is 1. The molecule has 0 aliphatic carbocycles. The molecular formula is C14H16N2O. The van der Waals surface area contributed by atoms with E-state index in [0.717, 1.165) is 23.5 Å². The lowest BCUT2D eigenvalue weighted by molar-refractivity contribution is -0.116. The molecular weight excluding hydrogens is 212 g/mol. The Morgan fingerprint density at radius 2 is 2.00 bits per heavy atom. The van der Waals surface area contributed by atoms with Crippen LogP contribution in [0.2, 0.25) is 0 Å². The number of hydrogen-bond donors (Lipinski definition) is 0. The van der Waals surface area contributed by atoms with Gasteiger partial charge in [0.15, 0.2) is 0 Å². The lowest BCUT2D eigenvalue weighted by Crippen LogP contribution is -1.98. The predicted octanol–water partition coefficient (Wildman–Crippen LogP) is 2.70. The van der Waals surface area contributed by atoms with E-state index in [2.05, 4.69) is 16.5 Å². The molecule has 1 heterocycles. The van der Waals surface area contributed by atoms with Crippen molar-refractivity contribution in [3.63, 3.8) is 0 Å². The summed E-state index contributed by atoms with van der Waals surface area (Å²) >= 11 is 0. The van der Waals surface area contributed by atoms with Gasteiger partial charge in [-0.05, 0) is 19.4 Å². The Morgan fingerprint density at radius 3 is 2.59 bits per heavy atom. The minimum absolute atomic E-state index is 0.188. The summed E-state index contributed by atoms with van der Waals surface area (Å²) in [6.45, 7) is 4.61. The number of hydrogen-bond acceptors (Lipinski definition) is 2. The maximum Gasteiger partial charge on any atom is 0.139 e. The van der Waals surface area contributed by atoms with E-state index in [1.54, 1.807) is 6.92 Å². The lowest BCUT2D eigenvalue weighted by atomic mass is 10.1. The van der Waals surface area contributed by atoms with Crippen LogP contribution >= 0.6 is 0 Å². The molecule has 0 aliphatic heterocycles. The van der Waals surface area contributed by atoms with E-state index >= 15 is 0 Å². The summed E-state index contributed by atoms with van der Waals surface area (Å²) in [6, 6.07) is 8.02. The number of ketones is 1. The van der Waals surface area contributed by atoms with Crippen molar-refractivity contribution in [3.8, 4) is 11.4 Å². The molecule has 88 valence electrons. The third kappa shape index (κ3) is 2.61. The molecule has 3 nitrogen and oxygen atoms in total. The minimum Gasteiger partial charge on any atom is -0.331 e. The predicted molar refractivity (Wildman–Crippen MR) is 67.7 cm³/mol. The van der Waals surface area contributed by atoms with Gasteiger partial charge in [0.2, 0.25) is 0 Å². The summed E-state index contributed by atoms with van der Waals surface area (Å²) in [5.41, 5.74) is 2.14. The van der Waals surface area contributed by atoms with E-state index in [0.29, 0.717) is 6.42 Å². The number of carbonyl (C=O) groups excluding carboxylic acids is 1. The van der Waals surface area contributed by atoms with Crippen LogP contribution in [0.1, 0.15) is 19.4 Å². The Bertz CT molecular complexity index is 511. The molecule has 0 atom stereocenters. The van der Waals surface area contributed by atoms with Crippen LogP contribution in [0.5, 0.6) is 0 Å². The zero-order valence-corrected chi connectivity index (χ0v) is 10.2. The van der Waals surface area contributed by atoms with Crippen LogP contribution in [0.25, 0.3) is 11.4 Å². The van der Waals surface area contributed by atoms with Crippen LogP contribution in [-0.2, 0) is 17.8 Å². The quantitative estimate of drug-likeness (QED) is 0.806. The molecule has 0 N–H and O–H groups in total. The number of aromatic nitrogens is 2. The topological polar surface area (TPSA) is 34.9 Å². The maximum absolute atomic E-state index is 11.0. The molecule has 0 spiro atoms. The second-order valence-electron chi connectivity index (χ2n) is 4.11. The third-order valence-corrected chi connectivity index (χ3v) is 2.72. The van der Waals surface area contributed by atoms with Gasteiger partial charge >= 0.3 is 0 Å². The van der Waals surface area contributed by atoms with Crippen LogP contribution in [0.3, 0.4) is 0 Å². The number of carbonyl (C=O) groups is 1. The second kappa shape index (κ2) is 4.95. The van der Waals surface area contributed by atoms with Crippen LogP contribution < -0.4 is 0 Å². The Morgan fingerprint density at radius 1 is 1.29 bits per heavy atom. The van der Waals surface area contributed by atoms with Crippen molar-refractivity contribution in [2.24, 2.45) is 0 Å². The molecule has 17 heavy (non-hydrogen) atoms. The number of nitrogens with zero attached hydrogens (tertiary/aromatic N) is 2. The molecule has 0 fully saturated rings. The highest BCUT2D eigenvalue weighted by Gasteiger charge is 2.04. The summed E-state index contributed by atoms with van der Waals surface area (Å²) in [6.07, 6.45) is 4.28. The highest BCUT2D eigenvalue weighted by atomic mass is 16.1. The average Bonchev–Trinajstić information content (AvgIpc) is 2.77.